The molecule has 114 valence electrons. The lowest BCUT2D eigenvalue weighted by Crippen LogP contribution is -2.13. The van der Waals surface area contributed by atoms with Gasteiger partial charge in [-0.05, 0) is 22.9 Å². The summed E-state index contributed by atoms with van der Waals surface area (Å²) in [6.45, 7) is 10.9. The molecule has 3 rings (SSSR count). The highest BCUT2D eigenvalue weighted by Gasteiger charge is 2.19. The lowest BCUT2D eigenvalue weighted by Gasteiger charge is -2.15. The van der Waals surface area contributed by atoms with Crippen molar-refractivity contribution in [2.75, 3.05) is 0 Å². The molecule has 0 unspecified atom stereocenters. The molecular formula is C19H23N3. The van der Waals surface area contributed by atoms with Crippen LogP contribution in [-0.4, -0.2) is 15.0 Å². The van der Waals surface area contributed by atoms with Crippen molar-refractivity contribution in [1.82, 2.24) is 15.0 Å². The van der Waals surface area contributed by atoms with Crippen LogP contribution in [0, 0.1) is 0 Å². The molecule has 0 saturated heterocycles. The quantitative estimate of drug-likeness (QED) is 0.718. The lowest BCUT2D eigenvalue weighted by atomic mass is 9.93. The third kappa shape index (κ3) is 2.52. The van der Waals surface area contributed by atoms with Crippen LogP contribution in [0.2, 0.25) is 0 Å². The van der Waals surface area contributed by atoms with Crippen LogP contribution in [0.5, 0.6) is 0 Å². The van der Waals surface area contributed by atoms with Crippen LogP contribution in [-0.2, 0) is 5.41 Å². The summed E-state index contributed by atoms with van der Waals surface area (Å²) in [5, 5.41) is 2.45. The van der Waals surface area contributed by atoms with Gasteiger partial charge in [-0.25, -0.2) is 4.98 Å². The number of nitrogens with one attached hydrogen (secondary N) is 1. The number of hydrogen-bond acceptors (Lipinski definition) is 2. The van der Waals surface area contributed by atoms with Crippen molar-refractivity contribution in [2.45, 2.75) is 46.0 Å². The molecule has 0 aliphatic rings. The minimum Gasteiger partial charge on any atom is -0.342 e. The van der Waals surface area contributed by atoms with Gasteiger partial charge in [-0.1, -0.05) is 46.8 Å². The zero-order valence-corrected chi connectivity index (χ0v) is 13.9. The van der Waals surface area contributed by atoms with Gasteiger partial charge in [-0.2, -0.15) is 0 Å². The number of pyridine rings is 1. The van der Waals surface area contributed by atoms with E-state index in [9.17, 15) is 0 Å². The lowest BCUT2D eigenvalue weighted by molar-refractivity contribution is 0.553. The van der Waals surface area contributed by atoms with Crippen molar-refractivity contribution in [1.29, 1.82) is 0 Å². The van der Waals surface area contributed by atoms with Crippen LogP contribution in [0.3, 0.4) is 0 Å². The highest BCUT2D eigenvalue weighted by molar-refractivity contribution is 5.97. The highest BCUT2D eigenvalue weighted by Crippen LogP contribution is 2.33. The highest BCUT2D eigenvalue weighted by atomic mass is 14.9. The molecule has 3 heteroatoms. The summed E-state index contributed by atoms with van der Waals surface area (Å²) < 4.78 is 0. The van der Waals surface area contributed by atoms with E-state index in [-0.39, 0.29) is 5.41 Å². The van der Waals surface area contributed by atoms with E-state index in [1.54, 1.807) is 0 Å². The maximum Gasteiger partial charge on any atom is 0.111 e. The molecule has 2 heterocycles. The second-order valence-electron chi connectivity index (χ2n) is 7.17. The SMILES string of the molecule is CC(C)c1ccc(-c2cnc(C(C)(C)C)[nH]2)c2ccncc12. The van der Waals surface area contributed by atoms with E-state index in [2.05, 4.69) is 67.8 Å². The van der Waals surface area contributed by atoms with Crippen molar-refractivity contribution in [2.24, 2.45) is 0 Å². The zero-order valence-electron chi connectivity index (χ0n) is 13.9. The Morgan fingerprint density at radius 1 is 1.00 bits per heavy atom. The Bertz CT molecular complexity index is 807. The predicted molar refractivity (Wildman–Crippen MR) is 92.1 cm³/mol. The molecule has 3 aromatic rings. The molecule has 0 bridgehead atoms. The molecule has 0 spiro atoms. The molecule has 0 atom stereocenters. The molecule has 2 aromatic heterocycles. The van der Waals surface area contributed by atoms with Gasteiger partial charge < -0.3 is 4.98 Å². The monoisotopic (exact) mass is 293 g/mol. The Morgan fingerprint density at radius 3 is 2.41 bits per heavy atom. The minimum atomic E-state index is 0.0213. The van der Waals surface area contributed by atoms with Gasteiger partial charge >= 0.3 is 0 Å². The summed E-state index contributed by atoms with van der Waals surface area (Å²) in [5.74, 6) is 1.49. The number of aromatic amines is 1. The Hall–Kier alpha value is -2.16. The normalized spacial score (nSPS) is 12.3. The molecule has 0 aliphatic heterocycles. The number of benzene rings is 1. The summed E-state index contributed by atoms with van der Waals surface area (Å²) in [6, 6.07) is 6.49. The second-order valence-corrected chi connectivity index (χ2v) is 7.17. The van der Waals surface area contributed by atoms with Crippen molar-refractivity contribution in [3.63, 3.8) is 0 Å². The number of rotatable bonds is 2. The van der Waals surface area contributed by atoms with Crippen molar-refractivity contribution in [3.8, 4) is 11.3 Å². The number of imidazole rings is 1. The smallest absolute Gasteiger partial charge is 0.111 e. The summed E-state index contributed by atoms with van der Waals surface area (Å²) in [4.78, 5) is 12.3. The molecule has 0 aliphatic carbocycles. The van der Waals surface area contributed by atoms with E-state index in [0.29, 0.717) is 5.92 Å². The van der Waals surface area contributed by atoms with E-state index < -0.39 is 0 Å². The average molecular weight is 293 g/mol. The first kappa shape index (κ1) is 14.8. The van der Waals surface area contributed by atoms with Gasteiger partial charge in [0, 0.05) is 28.8 Å². The summed E-state index contributed by atoms with van der Waals surface area (Å²) in [5.41, 5.74) is 3.61. The Kier molecular flexibility index (Phi) is 3.51. The number of hydrogen-bond donors (Lipinski definition) is 1. The molecule has 1 aromatic carbocycles. The maximum atomic E-state index is 4.56. The molecule has 0 amide bonds. The van der Waals surface area contributed by atoms with Gasteiger partial charge in [0.2, 0.25) is 0 Å². The largest absolute Gasteiger partial charge is 0.342 e. The van der Waals surface area contributed by atoms with E-state index in [1.807, 2.05) is 18.6 Å². The van der Waals surface area contributed by atoms with Gasteiger partial charge in [0.25, 0.3) is 0 Å². The van der Waals surface area contributed by atoms with Crippen LogP contribution < -0.4 is 0 Å². The summed E-state index contributed by atoms with van der Waals surface area (Å²) in [7, 11) is 0. The van der Waals surface area contributed by atoms with Crippen LogP contribution in [0.25, 0.3) is 22.0 Å². The van der Waals surface area contributed by atoms with Gasteiger partial charge in [0.15, 0.2) is 0 Å². The third-order valence-corrected chi connectivity index (χ3v) is 4.05. The van der Waals surface area contributed by atoms with E-state index >= 15 is 0 Å². The fourth-order valence-corrected chi connectivity index (χ4v) is 2.79. The number of aromatic nitrogens is 3. The molecular weight excluding hydrogens is 270 g/mol. The van der Waals surface area contributed by atoms with Crippen LogP contribution >= 0.6 is 0 Å². The maximum absolute atomic E-state index is 4.56. The molecule has 22 heavy (non-hydrogen) atoms. The number of H-pyrrole nitrogens is 1. The van der Waals surface area contributed by atoms with E-state index in [1.165, 1.54) is 21.9 Å². The second kappa shape index (κ2) is 5.24. The molecule has 0 saturated carbocycles. The van der Waals surface area contributed by atoms with Gasteiger partial charge in [-0.15, -0.1) is 0 Å². The Morgan fingerprint density at radius 2 is 1.77 bits per heavy atom. The van der Waals surface area contributed by atoms with E-state index in [0.717, 1.165) is 11.5 Å². The van der Waals surface area contributed by atoms with Gasteiger partial charge in [-0.3, -0.25) is 4.98 Å². The van der Waals surface area contributed by atoms with Crippen LogP contribution in [0.15, 0.2) is 36.8 Å². The summed E-state index contributed by atoms with van der Waals surface area (Å²) in [6.07, 6.45) is 5.76. The standard InChI is InChI=1S/C19H23N3/c1-12(2)13-6-7-15(14-8-9-20-10-16(13)14)17-11-21-18(22-17)19(3,4)5/h6-12H,1-5H3,(H,21,22). The first-order chi connectivity index (χ1) is 10.4. The fraction of sp³-hybridized carbons (Fsp3) is 0.368. The van der Waals surface area contributed by atoms with Crippen molar-refractivity contribution < 1.29 is 0 Å². The van der Waals surface area contributed by atoms with Crippen molar-refractivity contribution >= 4 is 10.8 Å². The number of nitrogens with zero attached hydrogens (tertiary/aromatic N) is 2. The Labute approximate surface area is 131 Å². The Balaban J connectivity index is 2.20. The molecule has 1 N–H and O–H groups in total. The van der Waals surface area contributed by atoms with Gasteiger partial charge in [0.1, 0.15) is 5.82 Å². The first-order valence-electron chi connectivity index (χ1n) is 7.80. The van der Waals surface area contributed by atoms with Crippen LogP contribution in [0.1, 0.15) is 51.9 Å². The average Bonchev–Trinajstić information content (AvgIpc) is 2.95. The number of fused-ring (bicyclic) bond motifs is 1. The topological polar surface area (TPSA) is 41.6 Å². The molecule has 0 radical (unpaired) electrons. The summed E-state index contributed by atoms with van der Waals surface area (Å²) >= 11 is 0. The zero-order chi connectivity index (χ0) is 15.9. The van der Waals surface area contributed by atoms with Gasteiger partial charge in [0.05, 0.1) is 11.9 Å². The minimum absolute atomic E-state index is 0.0213. The fourth-order valence-electron chi connectivity index (χ4n) is 2.79. The first-order valence-corrected chi connectivity index (χ1v) is 7.80. The third-order valence-electron chi connectivity index (χ3n) is 4.05. The molecule has 0 fully saturated rings. The molecule has 3 nitrogen and oxygen atoms in total. The van der Waals surface area contributed by atoms with E-state index in [4.69, 9.17) is 0 Å². The van der Waals surface area contributed by atoms with Crippen LogP contribution in [0.4, 0.5) is 0 Å². The predicted octanol–water partition coefficient (Wildman–Crippen LogP) is 5.05. The van der Waals surface area contributed by atoms with Crippen molar-refractivity contribution in [3.05, 3.63) is 48.2 Å².